The summed E-state index contributed by atoms with van der Waals surface area (Å²) in [5, 5.41) is 20.3. The topological polar surface area (TPSA) is 160 Å². The number of aliphatic hydroxyl groups is 2. The van der Waals surface area contributed by atoms with E-state index in [0.717, 1.165) is 89.9 Å². The van der Waals surface area contributed by atoms with Crippen LogP contribution >= 0.6 is 7.82 Å². The van der Waals surface area contributed by atoms with E-state index in [1.165, 1.54) is 12.8 Å². The number of unbranched alkanes of at least 4 members (excludes halogenated alkanes) is 12. The molecule has 3 atom stereocenters. The molecule has 290 valence electrons. The molecule has 0 saturated heterocycles. The third-order valence-electron chi connectivity index (χ3n) is 8.03. The molecule has 0 aliphatic carbocycles. The zero-order valence-electron chi connectivity index (χ0n) is 31.0. The van der Waals surface area contributed by atoms with Crippen LogP contribution in [0.2, 0.25) is 0 Å². The van der Waals surface area contributed by atoms with Crippen molar-refractivity contribution in [3.8, 4) is 0 Å². The Morgan fingerprint density at radius 1 is 0.620 bits per heavy atom. The average molecular weight is 729 g/mol. The van der Waals surface area contributed by atoms with Gasteiger partial charge in [0.15, 0.2) is 6.10 Å². The number of phosphoric ester groups is 1. The summed E-state index contributed by atoms with van der Waals surface area (Å²) in [6.45, 7) is 3.35. The van der Waals surface area contributed by atoms with Gasteiger partial charge in [-0.3, -0.25) is 14.1 Å². The number of allylic oxidation sites excluding steroid dienone is 7. The highest BCUT2D eigenvalue weighted by Gasteiger charge is 2.23. The molecule has 0 saturated carbocycles. The quantitative estimate of drug-likeness (QED) is 0.0218. The maximum Gasteiger partial charge on any atom is 0.469 e. The maximum atomic E-state index is 12.4. The summed E-state index contributed by atoms with van der Waals surface area (Å²) in [6, 6.07) is 0. The zero-order chi connectivity index (χ0) is 37.1. The van der Waals surface area contributed by atoms with Gasteiger partial charge in [-0.1, -0.05) is 120 Å². The summed E-state index contributed by atoms with van der Waals surface area (Å²) in [7, 11) is -4.79. The first-order valence-corrected chi connectivity index (χ1v) is 20.6. The number of carbonyl (C=O) groups excluding carboxylic acids is 2. The van der Waals surface area contributed by atoms with Crippen molar-refractivity contribution in [2.24, 2.45) is 0 Å². The summed E-state index contributed by atoms with van der Waals surface area (Å²) in [5.41, 5.74) is 0. The number of hydrogen-bond acceptors (Lipinski definition) is 8. The monoisotopic (exact) mass is 728 g/mol. The molecule has 0 amide bonds. The molecule has 0 spiro atoms. The van der Waals surface area contributed by atoms with Crippen molar-refractivity contribution in [1.82, 2.24) is 0 Å². The molecule has 0 aromatic rings. The lowest BCUT2D eigenvalue weighted by Crippen LogP contribution is -2.29. The molecule has 0 fully saturated rings. The van der Waals surface area contributed by atoms with Crippen LogP contribution in [0.15, 0.2) is 48.6 Å². The number of ether oxygens (including phenoxy) is 2. The van der Waals surface area contributed by atoms with E-state index in [9.17, 15) is 24.4 Å². The standard InChI is InChI=1S/C39H69O10P/c1-3-5-7-9-11-12-13-14-15-16-17-18-19-23-28-32-39(43)49-35(34-48-50(44,45)46)33-47-38(42)31-27-24-20-22-26-30-37(41)36(40)29-25-21-10-8-6-4-2/h5,7,11-12,14-15,21,25,35-37,40-41H,3-4,6,8-10,13,16-20,22-24,26-34H2,1-2H3,(H2,44,45,46)/b7-5-,12-11-,15-14-,25-21-/t35-,36-,37-/m1/s1. The number of aliphatic hydroxyl groups excluding tert-OH is 2. The lowest BCUT2D eigenvalue weighted by Gasteiger charge is -2.18. The van der Waals surface area contributed by atoms with Gasteiger partial charge in [0.05, 0.1) is 18.8 Å². The van der Waals surface area contributed by atoms with Gasteiger partial charge in [0, 0.05) is 12.8 Å². The Labute approximate surface area is 302 Å². The first kappa shape index (κ1) is 47.9. The minimum Gasteiger partial charge on any atom is -0.462 e. The molecule has 11 heteroatoms. The fraction of sp³-hybridized carbons (Fsp3) is 0.744. The minimum atomic E-state index is -4.79. The highest BCUT2D eigenvalue weighted by molar-refractivity contribution is 7.46. The average Bonchev–Trinajstić information content (AvgIpc) is 3.08. The number of hydrogen-bond donors (Lipinski definition) is 4. The smallest absolute Gasteiger partial charge is 0.462 e. The lowest BCUT2D eigenvalue weighted by atomic mass is 10.0. The second kappa shape index (κ2) is 34.0. The molecule has 0 unspecified atom stereocenters. The molecule has 0 heterocycles. The van der Waals surface area contributed by atoms with Crippen LogP contribution in [0.1, 0.15) is 155 Å². The molecule has 50 heavy (non-hydrogen) atoms. The van der Waals surface area contributed by atoms with E-state index in [1.807, 2.05) is 6.08 Å². The molecule has 0 aliphatic heterocycles. The van der Waals surface area contributed by atoms with Gasteiger partial charge in [0.2, 0.25) is 0 Å². The molecular formula is C39H69O10P. The van der Waals surface area contributed by atoms with Crippen LogP contribution in [0.25, 0.3) is 0 Å². The van der Waals surface area contributed by atoms with E-state index in [4.69, 9.17) is 19.3 Å². The number of phosphoric acid groups is 1. The Bertz CT molecular complexity index is 987. The second-order valence-electron chi connectivity index (χ2n) is 12.8. The fourth-order valence-corrected chi connectivity index (χ4v) is 5.42. The van der Waals surface area contributed by atoms with Crippen LogP contribution in [-0.4, -0.2) is 63.5 Å². The summed E-state index contributed by atoms with van der Waals surface area (Å²) in [4.78, 5) is 42.7. The van der Waals surface area contributed by atoms with E-state index in [-0.39, 0.29) is 19.4 Å². The molecule has 0 rings (SSSR count). The molecular weight excluding hydrogens is 659 g/mol. The van der Waals surface area contributed by atoms with Crippen LogP contribution in [0.5, 0.6) is 0 Å². The third-order valence-corrected chi connectivity index (χ3v) is 8.52. The van der Waals surface area contributed by atoms with Crippen molar-refractivity contribution >= 4 is 19.8 Å². The van der Waals surface area contributed by atoms with Gasteiger partial charge in [-0.2, -0.15) is 0 Å². The Morgan fingerprint density at radius 2 is 1.16 bits per heavy atom. The fourth-order valence-electron chi connectivity index (χ4n) is 5.06. The first-order valence-electron chi connectivity index (χ1n) is 19.1. The van der Waals surface area contributed by atoms with Crippen LogP contribution in [0.4, 0.5) is 0 Å². The SMILES string of the molecule is CC/C=C\C/C=C\C/C=C\CCCCCCCC(=O)O[C@H](COC(=O)CCCCCCC[C@@H](O)[C@H](O)C/C=C\CCCCC)COP(=O)(O)O. The van der Waals surface area contributed by atoms with Gasteiger partial charge >= 0.3 is 19.8 Å². The predicted molar refractivity (Wildman–Crippen MR) is 200 cm³/mol. The van der Waals surface area contributed by atoms with E-state index in [1.54, 1.807) is 0 Å². The van der Waals surface area contributed by atoms with Crippen LogP contribution < -0.4 is 0 Å². The van der Waals surface area contributed by atoms with Crippen LogP contribution in [0, 0.1) is 0 Å². The Balaban J connectivity index is 4.12. The molecule has 0 bridgehead atoms. The zero-order valence-corrected chi connectivity index (χ0v) is 31.9. The van der Waals surface area contributed by atoms with Crippen molar-refractivity contribution in [2.45, 2.75) is 173 Å². The Hall–Kier alpha value is -2.07. The van der Waals surface area contributed by atoms with Gasteiger partial charge in [-0.25, -0.2) is 4.57 Å². The van der Waals surface area contributed by atoms with Crippen LogP contribution in [-0.2, 0) is 28.2 Å². The van der Waals surface area contributed by atoms with Crippen molar-refractivity contribution in [1.29, 1.82) is 0 Å². The normalized spacial score (nSPS) is 14.3. The summed E-state index contributed by atoms with van der Waals surface area (Å²) in [5.74, 6) is -1.02. The predicted octanol–water partition coefficient (Wildman–Crippen LogP) is 9.12. The van der Waals surface area contributed by atoms with Crippen LogP contribution in [0.3, 0.4) is 0 Å². The van der Waals surface area contributed by atoms with E-state index in [2.05, 4.69) is 60.9 Å². The van der Waals surface area contributed by atoms with Gasteiger partial charge in [0.25, 0.3) is 0 Å². The third kappa shape index (κ3) is 34.4. The van der Waals surface area contributed by atoms with E-state index in [0.29, 0.717) is 25.7 Å². The van der Waals surface area contributed by atoms with Crippen molar-refractivity contribution in [3.63, 3.8) is 0 Å². The lowest BCUT2D eigenvalue weighted by molar-refractivity contribution is -0.161. The molecule has 4 N–H and O–H groups in total. The van der Waals surface area contributed by atoms with Gasteiger partial charge in [-0.05, 0) is 70.6 Å². The first-order chi connectivity index (χ1) is 24.1. The van der Waals surface area contributed by atoms with Gasteiger partial charge in [0.1, 0.15) is 6.61 Å². The van der Waals surface area contributed by atoms with Crippen molar-refractivity contribution < 1.29 is 48.2 Å². The molecule has 0 aromatic carbocycles. The Kier molecular flexibility index (Phi) is 32.6. The number of rotatable bonds is 34. The Morgan fingerprint density at radius 3 is 1.80 bits per heavy atom. The highest BCUT2D eigenvalue weighted by atomic mass is 31.2. The molecule has 10 nitrogen and oxygen atoms in total. The second-order valence-corrected chi connectivity index (χ2v) is 14.1. The number of esters is 2. The highest BCUT2D eigenvalue weighted by Crippen LogP contribution is 2.36. The van der Waals surface area contributed by atoms with E-state index < -0.39 is 44.7 Å². The largest absolute Gasteiger partial charge is 0.469 e. The minimum absolute atomic E-state index is 0.159. The van der Waals surface area contributed by atoms with Gasteiger partial charge < -0.3 is 29.5 Å². The summed E-state index contributed by atoms with van der Waals surface area (Å²) in [6.07, 6.45) is 32.8. The van der Waals surface area contributed by atoms with Gasteiger partial charge in [-0.15, -0.1) is 0 Å². The summed E-state index contributed by atoms with van der Waals surface area (Å²) >= 11 is 0. The maximum absolute atomic E-state index is 12.4. The molecule has 0 aromatic heterocycles. The van der Waals surface area contributed by atoms with Crippen molar-refractivity contribution in [3.05, 3.63) is 48.6 Å². The molecule has 0 aliphatic rings. The van der Waals surface area contributed by atoms with Crippen molar-refractivity contribution in [2.75, 3.05) is 13.2 Å². The number of carbonyl (C=O) groups is 2. The van der Waals surface area contributed by atoms with E-state index >= 15 is 0 Å². The molecule has 0 radical (unpaired) electrons. The summed E-state index contributed by atoms with van der Waals surface area (Å²) < 4.78 is 26.2.